The Hall–Kier alpha value is -2.53. The van der Waals surface area contributed by atoms with E-state index in [9.17, 15) is 21.6 Å². The van der Waals surface area contributed by atoms with Gasteiger partial charge in [0, 0.05) is 23.8 Å². The normalized spacial score (nSPS) is 21.9. The minimum absolute atomic E-state index is 0.00191. The number of hydrogen-bond acceptors (Lipinski definition) is 4. The van der Waals surface area contributed by atoms with Gasteiger partial charge in [-0.25, -0.2) is 21.6 Å². The number of nitrogens with zero attached hydrogens (tertiary/aromatic N) is 1. The average molecular weight is 381 g/mol. The van der Waals surface area contributed by atoms with Gasteiger partial charge in [-0.3, -0.25) is 0 Å². The standard InChI is InChI=1S/C18H14F3NO3S/c1-9-15-14(26(2,23)24)4-3-13(16(15)18(21)17(9)20)25-12-6-10(8-22)5-11(19)7-12/h3-7,9,17-18H,1-2H3/t9-,17-,18+/m0/s1. The SMILES string of the molecule is C[C@H]1c2c(S(C)(=O)=O)ccc(Oc3cc(F)cc(C#N)c3)c2[C@@H](F)[C@H]1F. The van der Waals surface area contributed by atoms with Crippen LogP contribution in [0.3, 0.4) is 0 Å². The Kier molecular flexibility index (Phi) is 4.44. The van der Waals surface area contributed by atoms with Crippen LogP contribution in [0.25, 0.3) is 0 Å². The summed E-state index contributed by atoms with van der Waals surface area (Å²) in [7, 11) is -3.71. The molecule has 136 valence electrons. The molecule has 4 nitrogen and oxygen atoms in total. The monoisotopic (exact) mass is 381 g/mol. The minimum Gasteiger partial charge on any atom is -0.457 e. The smallest absolute Gasteiger partial charge is 0.175 e. The highest BCUT2D eigenvalue weighted by molar-refractivity contribution is 7.90. The number of sulfone groups is 1. The van der Waals surface area contributed by atoms with Gasteiger partial charge in [-0.1, -0.05) is 6.92 Å². The van der Waals surface area contributed by atoms with Crippen LogP contribution in [0.2, 0.25) is 0 Å². The molecule has 8 heteroatoms. The predicted molar refractivity (Wildman–Crippen MR) is 87.9 cm³/mol. The van der Waals surface area contributed by atoms with Crippen molar-refractivity contribution in [3.05, 3.63) is 52.8 Å². The molecule has 26 heavy (non-hydrogen) atoms. The second kappa shape index (κ2) is 6.32. The summed E-state index contributed by atoms with van der Waals surface area (Å²) in [5, 5.41) is 8.90. The topological polar surface area (TPSA) is 67.2 Å². The molecule has 0 N–H and O–H groups in total. The van der Waals surface area contributed by atoms with Crippen molar-refractivity contribution in [2.45, 2.75) is 30.1 Å². The van der Waals surface area contributed by atoms with Crippen molar-refractivity contribution >= 4 is 9.84 Å². The van der Waals surface area contributed by atoms with Crippen LogP contribution >= 0.6 is 0 Å². The molecule has 2 aromatic rings. The number of ether oxygens (including phenoxy) is 1. The molecule has 3 rings (SSSR count). The van der Waals surface area contributed by atoms with E-state index in [2.05, 4.69) is 0 Å². The fourth-order valence-electron chi connectivity index (χ4n) is 3.15. The van der Waals surface area contributed by atoms with Gasteiger partial charge in [-0.2, -0.15) is 5.26 Å². The Labute approximate surface area is 148 Å². The summed E-state index contributed by atoms with van der Waals surface area (Å²) in [6, 6.07) is 7.44. The second-order valence-corrected chi connectivity index (χ2v) is 8.17. The van der Waals surface area contributed by atoms with E-state index in [4.69, 9.17) is 10.00 Å². The quantitative estimate of drug-likeness (QED) is 0.792. The molecule has 0 heterocycles. The molecule has 3 atom stereocenters. The van der Waals surface area contributed by atoms with Gasteiger partial charge in [0.05, 0.1) is 16.5 Å². The lowest BCUT2D eigenvalue weighted by molar-refractivity contribution is 0.166. The lowest BCUT2D eigenvalue weighted by Crippen LogP contribution is -2.08. The van der Waals surface area contributed by atoms with Gasteiger partial charge >= 0.3 is 0 Å². The Morgan fingerprint density at radius 2 is 1.85 bits per heavy atom. The molecule has 0 radical (unpaired) electrons. The van der Waals surface area contributed by atoms with Crippen molar-refractivity contribution < 1.29 is 26.3 Å². The van der Waals surface area contributed by atoms with Gasteiger partial charge in [-0.15, -0.1) is 0 Å². The van der Waals surface area contributed by atoms with Crippen molar-refractivity contribution in [2.24, 2.45) is 0 Å². The Bertz CT molecular complexity index is 1030. The molecule has 0 unspecified atom stereocenters. The molecule has 0 bridgehead atoms. The number of rotatable bonds is 3. The van der Waals surface area contributed by atoms with Crippen molar-refractivity contribution in [1.29, 1.82) is 5.26 Å². The number of fused-ring (bicyclic) bond motifs is 1. The van der Waals surface area contributed by atoms with Crippen LogP contribution in [0.4, 0.5) is 13.2 Å². The summed E-state index contributed by atoms with van der Waals surface area (Å²) < 4.78 is 71.8. The summed E-state index contributed by atoms with van der Waals surface area (Å²) in [6.45, 7) is 1.40. The van der Waals surface area contributed by atoms with Crippen LogP contribution in [0.5, 0.6) is 11.5 Å². The average Bonchev–Trinajstić information content (AvgIpc) is 2.79. The van der Waals surface area contributed by atoms with Gasteiger partial charge in [-0.05, 0) is 29.8 Å². The second-order valence-electron chi connectivity index (χ2n) is 6.19. The maximum Gasteiger partial charge on any atom is 0.175 e. The van der Waals surface area contributed by atoms with E-state index >= 15 is 0 Å². The van der Waals surface area contributed by atoms with Crippen LogP contribution in [0.15, 0.2) is 35.2 Å². The number of alkyl halides is 2. The number of hydrogen-bond donors (Lipinski definition) is 0. The molecule has 0 saturated heterocycles. The van der Waals surface area contributed by atoms with Gasteiger partial charge < -0.3 is 4.74 Å². The molecule has 0 fully saturated rings. The molecule has 0 spiro atoms. The van der Waals surface area contributed by atoms with Crippen molar-refractivity contribution in [3.8, 4) is 17.6 Å². The first kappa shape index (κ1) is 18.3. The van der Waals surface area contributed by atoms with Crippen molar-refractivity contribution in [1.82, 2.24) is 0 Å². The van der Waals surface area contributed by atoms with Crippen LogP contribution < -0.4 is 4.74 Å². The maximum atomic E-state index is 14.5. The van der Waals surface area contributed by atoms with E-state index in [0.29, 0.717) is 0 Å². The van der Waals surface area contributed by atoms with Gasteiger partial charge in [0.1, 0.15) is 23.5 Å². The third kappa shape index (κ3) is 3.03. The molecule has 0 aromatic heterocycles. The van der Waals surface area contributed by atoms with E-state index < -0.39 is 33.9 Å². The lowest BCUT2D eigenvalue weighted by Gasteiger charge is -2.15. The lowest BCUT2D eigenvalue weighted by atomic mass is 10.0. The molecule has 0 amide bonds. The van der Waals surface area contributed by atoms with Gasteiger partial charge in [0.15, 0.2) is 16.0 Å². The third-order valence-electron chi connectivity index (χ3n) is 4.32. The molecular weight excluding hydrogens is 367 g/mol. The van der Waals surface area contributed by atoms with Crippen LogP contribution in [-0.4, -0.2) is 20.8 Å². The highest BCUT2D eigenvalue weighted by Gasteiger charge is 2.44. The maximum absolute atomic E-state index is 14.5. The van der Waals surface area contributed by atoms with E-state index in [1.54, 1.807) is 6.07 Å². The summed E-state index contributed by atoms with van der Waals surface area (Å²) >= 11 is 0. The fraction of sp³-hybridized carbons (Fsp3) is 0.278. The highest BCUT2D eigenvalue weighted by Crippen LogP contribution is 2.51. The number of benzene rings is 2. The fourth-order valence-corrected chi connectivity index (χ4v) is 4.16. The summed E-state index contributed by atoms with van der Waals surface area (Å²) in [5.74, 6) is -1.88. The number of nitriles is 1. The first-order valence-electron chi connectivity index (χ1n) is 7.67. The zero-order valence-corrected chi connectivity index (χ0v) is 14.6. The van der Waals surface area contributed by atoms with Crippen molar-refractivity contribution in [2.75, 3.05) is 6.26 Å². The largest absolute Gasteiger partial charge is 0.457 e. The Morgan fingerprint density at radius 3 is 2.46 bits per heavy atom. The zero-order valence-electron chi connectivity index (χ0n) is 13.8. The first-order valence-corrected chi connectivity index (χ1v) is 9.56. The predicted octanol–water partition coefficient (Wildman–Crippen LogP) is 4.36. The molecule has 1 aliphatic rings. The van der Waals surface area contributed by atoms with E-state index in [-0.39, 0.29) is 33.1 Å². The van der Waals surface area contributed by atoms with Crippen LogP contribution in [0, 0.1) is 17.1 Å². The van der Waals surface area contributed by atoms with E-state index in [1.165, 1.54) is 25.1 Å². The summed E-state index contributed by atoms with van der Waals surface area (Å²) in [5.41, 5.74) is -0.171. The highest BCUT2D eigenvalue weighted by atomic mass is 32.2. The minimum atomic E-state index is -3.71. The zero-order chi connectivity index (χ0) is 19.2. The van der Waals surface area contributed by atoms with E-state index in [1.807, 2.05) is 0 Å². The summed E-state index contributed by atoms with van der Waals surface area (Å²) in [6.07, 6.45) is -3.03. The number of halogens is 3. The van der Waals surface area contributed by atoms with Gasteiger partial charge in [0.2, 0.25) is 0 Å². The summed E-state index contributed by atoms with van der Waals surface area (Å²) in [4.78, 5) is -0.160. The Balaban J connectivity index is 2.17. The molecular formula is C18H14F3NO3S. The van der Waals surface area contributed by atoms with Crippen LogP contribution in [0.1, 0.15) is 35.7 Å². The first-order chi connectivity index (χ1) is 12.1. The van der Waals surface area contributed by atoms with Gasteiger partial charge in [0.25, 0.3) is 0 Å². The van der Waals surface area contributed by atoms with Crippen molar-refractivity contribution in [3.63, 3.8) is 0 Å². The Morgan fingerprint density at radius 1 is 1.15 bits per heavy atom. The third-order valence-corrected chi connectivity index (χ3v) is 5.48. The van der Waals surface area contributed by atoms with E-state index in [0.717, 1.165) is 18.4 Å². The molecule has 0 aliphatic heterocycles. The molecule has 1 aliphatic carbocycles. The molecule has 0 saturated carbocycles. The molecule has 2 aromatic carbocycles. The van der Waals surface area contributed by atoms with Crippen LogP contribution in [-0.2, 0) is 9.84 Å².